The summed E-state index contributed by atoms with van der Waals surface area (Å²) in [5, 5.41) is 16.2. The van der Waals surface area contributed by atoms with Crippen LogP contribution in [-0.4, -0.2) is 26.9 Å². The second-order valence-corrected chi connectivity index (χ2v) is 5.65. The van der Waals surface area contributed by atoms with Crippen molar-refractivity contribution in [2.24, 2.45) is 11.7 Å². The van der Waals surface area contributed by atoms with E-state index in [4.69, 9.17) is 5.73 Å². The Kier molecular flexibility index (Phi) is 3.11. The predicted molar refractivity (Wildman–Crippen MR) is 73.5 cm³/mol. The smallest absolute Gasteiger partial charge is 0.360 e. The maximum Gasteiger partial charge on any atom is 0.372 e. The summed E-state index contributed by atoms with van der Waals surface area (Å²) >= 11 is 1.39. The zero-order chi connectivity index (χ0) is 13.4. The maximum atomic E-state index is 11.2. The number of hydrogen-bond acceptors (Lipinski definition) is 6. The van der Waals surface area contributed by atoms with E-state index < -0.39 is 0 Å². The summed E-state index contributed by atoms with van der Waals surface area (Å²) in [5.41, 5.74) is 5.73. The SMILES string of the molecule is NCC1CCCC1Nc1nc2sccn2c1[N+](=O)[O-]. The lowest BCUT2D eigenvalue weighted by Crippen LogP contribution is -2.29. The van der Waals surface area contributed by atoms with E-state index in [-0.39, 0.29) is 16.8 Å². The molecule has 1 fully saturated rings. The van der Waals surface area contributed by atoms with Gasteiger partial charge in [0.2, 0.25) is 5.82 Å². The molecule has 3 rings (SSSR count). The van der Waals surface area contributed by atoms with Gasteiger partial charge in [0.15, 0.2) is 0 Å². The zero-order valence-electron chi connectivity index (χ0n) is 10.3. The summed E-state index contributed by atoms with van der Waals surface area (Å²) in [5.74, 6) is 0.750. The van der Waals surface area contributed by atoms with Crippen molar-refractivity contribution < 1.29 is 4.92 Å². The molecular weight excluding hydrogens is 266 g/mol. The number of fused-ring (bicyclic) bond motifs is 1. The molecule has 0 spiro atoms. The molecule has 102 valence electrons. The molecular formula is C11H15N5O2S. The standard InChI is InChI=1S/C11H15N5O2S/c12-6-7-2-1-3-8(7)13-9-10(16(17)18)15-4-5-19-11(15)14-9/h4-5,7-8,13H,1-3,6,12H2. The maximum absolute atomic E-state index is 11.2. The Balaban J connectivity index is 1.93. The highest BCUT2D eigenvalue weighted by molar-refractivity contribution is 7.15. The van der Waals surface area contributed by atoms with Crippen LogP contribution in [0.25, 0.3) is 4.96 Å². The van der Waals surface area contributed by atoms with E-state index in [0.29, 0.717) is 23.2 Å². The van der Waals surface area contributed by atoms with E-state index in [9.17, 15) is 10.1 Å². The zero-order valence-corrected chi connectivity index (χ0v) is 11.1. The number of anilines is 1. The van der Waals surface area contributed by atoms with E-state index in [0.717, 1.165) is 19.3 Å². The molecule has 0 saturated heterocycles. The Morgan fingerprint density at radius 2 is 2.47 bits per heavy atom. The molecule has 0 radical (unpaired) electrons. The largest absolute Gasteiger partial charge is 0.372 e. The minimum absolute atomic E-state index is 0.0129. The van der Waals surface area contributed by atoms with Gasteiger partial charge in [-0.1, -0.05) is 17.8 Å². The molecule has 1 aliphatic carbocycles. The normalized spacial score (nSPS) is 23.0. The number of thiazole rings is 1. The molecule has 3 N–H and O–H groups in total. The van der Waals surface area contributed by atoms with E-state index in [1.807, 2.05) is 0 Å². The van der Waals surface area contributed by atoms with Crippen LogP contribution in [0, 0.1) is 16.0 Å². The molecule has 0 bridgehead atoms. The number of nitrogens with zero attached hydrogens (tertiary/aromatic N) is 3. The molecule has 2 atom stereocenters. The van der Waals surface area contributed by atoms with Crippen molar-refractivity contribution in [2.45, 2.75) is 25.3 Å². The van der Waals surface area contributed by atoms with Crippen molar-refractivity contribution in [2.75, 3.05) is 11.9 Å². The summed E-state index contributed by atoms with van der Waals surface area (Å²) < 4.78 is 1.51. The summed E-state index contributed by atoms with van der Waals surface area (Å²) in [6.45, 7) is 0.605. The minimum Gasteiger partial charge on any atom is -0.360 e. The molecule has 1 saturated carbocycles. The highest BCUT2D eigenvalue weighted by Crippen LogP contribution is 2.33. The topological polar surface area (TPSA) is 98.5 Å². The van der Waals surface area contributed by atoms with E-state index in [1.54, 1.807) is 11.6 Å². The van der Waals surface area contributed by atoms with Crippen molar-refractivity contribution in [1.82, 2.24) is 9.38 Å². The number of nitrogens with one attached hydrogen (secondary N) is 1. The number of nitro groups is 1. The fourth-order valence-electron chi connectivity index (χ4n) is 2.73. The predicted octanol–water partition coefficient (Wildman–Crippen LogP) is 1.84. The van der Waals surface area contributed by atoms with Gasteiger partial charge in [-0.25, -0.2) is 0 Å². The van der Waals surface area contributed by atoms with Gasteiger partial charge in [0.25, 0.3) is 4.96 Å². The second-order valence-electron chi connectivity index (χ2n) is 4.77. The van der Waals surface area contributed by atoms with Gasteiger partial charge in [-0.15, -0.1) is 0 Å². The van der Waals surface area contributed by atoms with Crippen LogP contribution < -0.4 is 11.1 Å². The summed E-state index contributed by atoms with van der Waals surface area (Å²) in [6.07, 6.45) is 4.84. The lowest BCUT2D eigenvalue weighted by atomic mass is 10.0. The van der Waals surface area contributed by atoms with E-state index >= 15 is 0 Å². The fraction of sp³-hybridized carbons (Fsp3) is 0.545. The molecule has 1 aliphatic rings. The Hall–Kier alpha value is -1.67. The van der Waals surface area contributed by atoms with Crippen LogP contribution in [0.2, 0.25) is 0 Å². The van der Waals surface area contributed by atoms with Gasteiger partial charge in [0.1, 0.15) is 6.20 Å². The molecule has 19 heavy (non-hydrogen) atoms. The molecule has 7 nitrogen and oxygen atoms in total. The number of aromatic nitrogens is 2. The summed E-state index contributed by atoms with van der Waals surface area (Å²) in [4.78, 5) is 15.8. The summed E-state index contributed by atoms with van der Waals surface area (Å²) in [6, 6.07) is 0.188. The third-order valence-corrected chi connectivity index (χ3v) is 4.45. The van der Waals surface area contributed by atoms with Crippen molar-refractivity contribution in [1.29, 1.82) is 0 Å². The van der Waals surface area contributed by atoms with Crippen molar-refractivity contribution in [3.8, 4) is 0 Å². The molecule has 0 aliphatic heterocycles. The molecule has 0 aromatic carbocycles. The number of hydrogen-bond donors (Lipinski definition) is 2. The Bertz CT molecular complexity index is 607. The molecule has 2 aromatic rings. The molecule has 8 heteroatoms. The van der Waals surface area contributed by atoms with Gasteiger partial charge in [0.05, 0.1) is 0 Å². The number of rotatable bonds is 4. The van der Waals surface area contributed by atoms with E-state index in [2.05, 4.69) is 10.3 Å². The first-order valence-corrected chi connectivity index (χ1v) is 7.15. The van der Waals surface area contributed by atoms with Crippen molar-refractivity contribution in [3.05, 3.63) is 21.7 Å². The van der Waals surface area contributed by atoms with Gasteiger partial charge in [0, 0.05) is 11.4 Å². The van der Waals surface area contributed by atoms with Gasteiger partial charge in [-0.3, -0.25) is 0 Å². The Morgan fingerprint density at radius 1 is 1.63 bits per heavy atom. The fourth-order valence-corrected chi connectivity index (χ4v) is 3.44. The molecule has 2 aromatic heterocycles. The van der Waals surface area contributed by atoms with Crippen LogP contribution in [0.1, 0.15) is 19.3 Å². The van der Waals surface area contributed by atoms with Crippen LogP contribution in [-0.2, 0) is 0 Å². The van der Waals surface area contributed by atoms with Crippen LogP contribution >= 0.6 is 11.3 Å². The highest BCUT2D eigenvalue weighted by Gasteiger charge is 2.31. The Morgan fingerprint density at radius 3 is 3.21 bits per heavy atom. The average Bonchev–Trinajstić information content (AvgIpc) is 3.03. The van der Waals surface area contributed by atoms with Gasteiger partial charge in [-0.05, 0) is 30.2 Å². The quantitative estimate of drug-likeness (QED) is 0.658. The lowest BCUT2D eigenvalue weighted by Gasteiger charge is -2.18. The van der Waals surface area contributed by atoms with Gasteiger partial charge >= 0.3 is 5.82 Å². The van der Waals surface area contributed by atoms with Gasteiger partial charge < -0.3 is 21.2 Å². The monoisotopic (exact) mass is 281 g/mol. The third kappa shape index (κ3) is 2.06. The lowest BCUT2D eigenvalue weighted by molar-refractivity contribution is -0.389. The molecule has 2 unspecified atom stereocenters. The molecule has 2 heterocycles. The average molecular weight is 281 g/mol. The number of imidazole rings is 1. The van der Waals surface area contributed by atoms with Crippen molar-refractivity contribution >= 4 is 27.9 Å². The van der Waals surface area contributed by atoms with Crippen LogP contribution in [0.3, 0.4) is 0 Å². The summed E-state index contributed by atoms with van der Waals surface area (Å²) in [7, 11) is 0. The number of nitrogens with two attached hydrogens (primary N) is 1. The minimum atomic E-state index is -0.387. The van der Waals surface area contributed by atoms with Gasteiger partial charge in [-0.2, -0.15) is 9.38 Å². The van der Waals surface area contributed by atoms with Crippen LogP contribution in [0.4, 0.5) is 11.6 Å². The first kappa shape index (κ1) is 12.4. The Labute approximate surface area is 113 Å². The van der Waals surface area contributed by atoms with Crippen molar-refractivity contribution in [3.63, 3.8) is 0 Å². The second kappa shape index (κ2) is 4.78. The van der Waals surface area contributed by atoms with Crippen LogP contribution in [0.15, 0.2) is 11.6 Å². The molecule has 0 amide bonds. The first-order valence-electron chi connectivity index (χ1n) is 6.27. The first-order chi connectivity index (χ1) is 9.20. The van der Waals surface area contributed by atoms with Crippen LogP contribution in [0.5, 0.6) is 0 Å². The van der Waals surface area contributed by atoms with E-state index in [1.165, 1.54) is 15.7 Å². The third-order valence-electron chi connectivity index (χ3n) is 3.69. The highest BCUT2D eigenvalue weighted by atomic mass is 32.1.